The molecule has 0 aliphatic rings. The molecule has 116 valence electrons. The molecule has 0 fully saturated rings. The van der Waals surface area contributed by atoms with Crippen molar-refractivity contribution in [2.75, 3.05) is 7.05 Å². The summed E-state index contributed by atoms with van der Waals surface area (Å²) in [5.74, 6) is 0. The number of aryl methyl sites for hydroxylation is 2. The lowest BCUT2D eigenvalue weighted by Crippen LogP contribution is -2.26. The number of aromatic nitrogens is 3. The van der Waals surface area contributed by atoms with Gasteiger partial charge in [0.05, 0.1) is 5.69 Å². The lowest BCUT2D eigenvalue weighted by molar-refractivity contribution is 0.469. The third kappa shape index (κ3) is 2.53. The summed E-state index contributed by atoms with van der Waals surface area (Å²) in [4.78, 5) is 5.43. The van der Waals surface area contributed by atoms with E-state index in [0.29, 0.717) is 12.2 Å². The zero-order chi connectivity index (χ0) is 15.9. The van der Waals surface area contributed by atoms with Crippen molar-refractivity contribution in [2.24, 2.45) is 7.05 Å². The zero-order valence-electron chi connectivity index (χ0n) is 12.5. The van der Waals surface area contributed by atoms with Gasteiger partial charge in [-0.15, -0.1) is 11.3 Å². The van der Waals surface area contributed by atoms with Crippen molar-refractivity contribution in [3.63, 3.8) is 0 Å². The summed E-state index contributed by atoms with van der Waals surface area (Å²) in [6, 6.07) is 5.47. The Morgan fingerprint density at radius 2 is 2.18 bits per heavy atom. The van der Waals surface area contributed by atoms with Crippen LogP contribution >= 0.6 is 11.3 Å². The highest BCUT2D eigenvalue weighted by Crippen LogP contribution is 2.23. The summed E-state index contributed by atoms with van der Waals surface area (Å²) in [5.41, 5.74) is 1.44. The molecule has 0 saturated heterocycles. The van der Waals surface area contributed by atoms with Crippen LogP contribution in [0.4, 0.5) is 0 Å². The Balaban J connectivity index is 1.99. The van der Waals surface area contributed by atoms with E-state index in [0.717, 1.165) is 16.0 Å². The van der Waals surface area contributed by atoms with E-state index in [1.807, 2.05) is 24.4 Å². The van der Waals surface area contributed by atoms with Crippen molar-refractivity contribution in [1.29, 1.82) is 0 Å². The van der Waals surface area contributed by atoms with Gasteiger partial charge in [0.15, 0.2) is 5.65 Å². The number of thiophene rings is 1. The van der Waals surface area contributed by atoms with Gasteiger partial charge in [-0.05, 0) is 24.4 Å². The Kier molecular flexibility index (Phi) is 3.75. The Hall–Kier alpha value is -1.77. The van der Waals surface area contributed by atoms with Crippen molar-refractivity contribution >= 4 is 32.4 Å². The predicted octanol–water partition coefficient (Wildman–Crippen LogP) is 2.16. The highest BCUT2D eigenvalue weighted by atomic mass is 32.2. The van der Waals surface area contributed by atoms with E-state index in [2.05, 4.69) is 10.1 Å². The molecule has 0 amide bonds. The Bertz CT molecular complexity index is 914. The predicted molar refractivity (Wildman–Crippen MR) is 86.2 cm³/mol. The Morgan fingerprint density at radius 1 is 1.41 bits per heavy atom. The number of rotatable bonds is 4. The fourth-order valence-corrected chi connectivity index (χ4v) is 4.28. The molecule has 0 aliphatic heterocycles. The van der Waals surface area contributed by atoms with Crippen molar-refractivity contribution in [2.45, 2.75) is 18.4 Å². The third-order valence-electron chi connectivity index (χ3n) is 3.50. The van der Waals surface area contributed by atoms with E-state index >= 15 is 0 Å². The first-order valence-corrected chi connectivity index (χ1v) is 8.99. The number of sulfonamides is 1. The first-order chi connectivity index (χ1) is 10.4. The van der Waals surface area contributed by atoms with E-state index < -0.39 is 10.0 Å². The lowest BCUT2D eigenvalue weighted by Gasteiger charge is -2.16. The molecule has 3 aromatic heterocycles. The highest BCUT2D eigenvalue weighted by molar-refractivity contribution is 7.89. The fraction of sp³-hybridized carbons (Fsp3) is 0.286. The van der Waals surface area contributed by atoms with Crippen molar-refractivity contribution in [3.05, 3.63) is 40.3 Å². The van der Waals surface area contributed by atoms with E-state index in [1.165, 1.54) is 21.8 Å². The number of pyridine rings is 1. The second-order valence-electron chi connectivity index (χ2n) is 5.09. The molecule has 0 spiro atoms. The van der Waals surface area contributed by atoms with E-state index in [9.17, 15) is 8.42 Å². The minimum Gasteiger partial charge on any atom is -0.250 e. The molecule has 0 N–H and O–H groups in total. The standard InChI is InChI=1S/C14H16N4O2S2/c1-10-13-7-12(8-15-14(13)18(3)16-10)22(19,20)17(2)9-11-5-4-6-21-11/h4-8H,9H2,1-3H3. The van der Waals surface area contributed by atoms with Crippen LogP contribution in [0, 0.1) is 6.92 Å². The van der Waals surface area contributed by atoms with Crippen LogP contribution in [0.2, 0.25) is 0 Å². The molecule has 0 bridgehead atoms. The molecule has 0 aromatic carbocycles. The lowest BCUT2D eigenvalue weighted by atomic mass is 10.3. The van der Waals surface area contributed by atoms with Crippen LogP contribution in [-0.4, -0.2) is 34.5 Å². The molecule has 3 aromatic rings. The van der Waals surface area contributed by atoms with E-state index in [-0.39, 0.29) is 4.90 Å². The monoisotopic (exact) mass is 336 g/mol. The van der Waals surface area contributed by atoms with Crippen molar-refractivity contribution in [3.8, 4) is 0 Å². The average molecular weight is 336 g/mol. The summed E-state index contributed by atoms with van der Waals surface area (Å²) in [6.07, 6.45) is 1.39. The molecule has 0 unspecified atom stereocenters. The van der Waals surface area contributed by atoms with E-state index in [4.69, 9.17) is 0 Å². The van der Waals surface area contributed by atoms with Crippen LogP contribution in [0.3, 0.4) is 0 Å². The molecule has 0 radical (unpaired) electrons. The van der Waals surface area contributed by atoms with Gasteiger partial charge in [0.1, 0.15) is 4.90 Å². The molecule has 0 saturated carbocycles. The minimum atomic E-state index is -3.57. The van der Waals surface area contributed by atoms with Crippen LogP contribution in [-0.2, 0) is 23.6 Å². The first-order valence-electron chi connectivity index (χ1n) is 6.67. The van der Waals surface area contributed by atoms with Gasteiger partial charge in [-0.3, -0.25) is 4.68 Å². The summed E-state index contributed by atoms with van der Waals surface area (Å²) in [5, 5.41) is 6.96. The SMILES string of the molecule is Cc1nn(C)c2ncc(S(=O)(=O)N(C)Cc3cccs3)cc12. The second kappa shape index (κ2) is 5.45. The fourth-order valence-electron chi connectivity index (χ4n) is 2.32. The summed E-state index contributed by atoms with van der Waals surface area (Å²) >= 11 is 1.54. The molecule has 22 heavy (non-hydrogen) atoms. The molecular formula is C14H16N4O2S2. The van der Waals surface area contributed by atoms with Gasteiger partial charge >= 0.3 is 0 Å². The van der Waals surface area contributed by atoms with Crippen LogP contribution in [0.15, 0.2) is 34.7 Å². The molecule has 0 atom stereocenters. The molecule has 0 aliphatic carbocycles. The smallest absolute Gasteiger partial charge is 0.244 e. The van der Waals surface area contributed by atoms with Gasteiger partial charge in [0.2, 0.25) is 10.0 Å². The number of hydrogen-bond acceptors (Lipinski definition) is 5. The van der Waals surface area contributed by atoms with Gasteiger partial charge in [-0.25, -0.2) is 13.4 Å². The van der Waals surface area contributed by atoms with Crippen LogP contribution in [0.5, 0.6) is 0 Å². The van der Waals surface area contributed by atoms with Gasteiger partial charge in [0.25, 0.3) is 0 Å². The highest BCUT2D eigenvalue weighted by Gasteiger charge is 2.23. The number of hydrogen-bond donors (Lipinski definition) is 0. The maximum Gasteiger partial charge on any atom is 0.244 e. The molecule has 3 rings (SSSR count). The molecule has 8 heteroatoms. The second-order valence-corrected chi connectivity index (χ2v) is 8.17. The maximum absolute atomic E-state index is 12.7. The Morgan fingerprint density at radius 3 is 2.86 bits per heavy atom. The van der Waals surface area contributed by atoms with Gasteiger partial charge < -0.3 is 0 Å². The van der Waals surface area contributed by atoms with Crippen molar-refractivity contribution < 1.29 is 8.42 Å². The molecule has 6 nitrogen and oxygen atoms in total. The van der Waals surface area contributed by atoms with Gasteiger partial charge in [-0.2, -0.15) is 9.40 Å². The third-order valence-corrected chi connectivity index (χ3v) is 6.13. The van der Waals surface area contributed by atoms with Crippen LogP contribution < -0.4 is 0 Å². The van der Waals surface area contributed by atoms with Gasteiger partial charge in [-0.1, -0.05) is 6.07 Å². The molecular weight excluding hydrogens is 320 g/mol. The van der Waals surface area contributed by atoms with Crippen LogP contribution in [0.1, 0.15) is 10.6 Å². The first kappa shape index (κ1) is 15.1. The normalized spacial score (nSPS) is 12.4. The zero-order valence-corrected chi connectivity index (χ0v) is 14.1. The van der Waals surface area contributed by atoms with Crippen molar-refractivity contribution in [1.82, 2.24) is 19.1 Å². The topological polar surface area (TPSA) is 68.1 Å². The quantitative estimate of drug-likeness (QED) is 0.732. The minimum absolute atomic E-state index is 0.190. The average Bonchev–Trinajstić information content (AvgIpc) is 3.08. The summed E-state index contributed by atoms with van der Waals surface area (Å²) in [6.45, 7) is 2.19. The van der Waals surface area contributed by atoms with E-state index in [1.54, 1.807) is 24.8 Å². The van der Waals surface area contributed by atoms with Gasteiger partial charge in [0, 0.05) is 37.1 Å². The molecule has 3 heterocycles. The largest absolute Gasteiger partial charge is 0.250 e. The number of fused-ring (bicyclic) bond motifs is 1. The Labute approximate surface area is 133 Å². The number of nitrogens with zero attached hydrogens (tertiary/aromatic N) is 4. The maximum atomic E-state index is 12.7. The summed E-state index contributed by atoms with van der Waals surface area (Å²) in [7, 11) is -0.204. The van der Waals surface area contributed by atoms with Crippen LogP contribution in [0.25, 0.3) is 11.0 Å². The summed E-state index contributed by atoms with van der Waals surface area (Å²) < 4.78 is 28.4.